The Morgan fingerprint density at radius 3 is 2.57 bits per heavy atom. The fourth-order valence-corrected chi connectivity index (χ4v) is 3.22. The van der Waals surface area contributed by atoms with Gasteiger partial charge in [0.25, 0.3) is 5.91 Å². The van der Waals surface area contributed by atoms with Crippen LogP contribution < -0.4 is 10.2 Å². The second kappa shape index (κ2) is 8.37. The molecular formula is C23H26N6O. The van der Waals surface area contributed by atoms with E-state index in [4.69, 9.17) is 0 Å². The topological polar surface area (TPSA) is 86.8 Å². The average Bonchev–Trinajstić information content (AvgIpc) is 3.11. The molecular weight excluding hydrogens is 376 g/mol. The van der Waals surface area contributed by atoms with Crippen molar-refractivity contribution in [2.45, 2.75) is 33.7 Å². The minimum absolute atomic E-state index is 0.184. The monoisotopic (exact) mass is 402 g/mol. The van der Waals surface area contributed by atoms with Gasteiger partial charge in [-0.25, -0.2) is 4.98 Å². The molecule has 7 nitrogen and oxygen atoms in total. The Balaban J connectivity index is 1.93. The SMILES string of the molecule is Cc1ccc(NC(=O)c2cn(C(C)C)nc2C)cc1-c1cnc(N(C)C)c(C#N)c1. The highest BCUT2D eigenvalue weighted by molar-refractivity contribution is 6.05. The van der Waals surface area contributed by atoms with Crippen molar-refractivity contribution in [1.82, 2.24) is 14.8 Å². The molecule has 0 unspecified atom stereocenters. The number of amides is 1. The van der Waals surface area contributed by atoms with Gasteiger partial charge in [0.1, 0.15) is 11.9 Å². The Labute approximate surface area is 177 Å². The third-order valence-corrected chi connectivity index (χ3v) is 4.91. The van der Waals surface area contributed by atoms with Crippen molar-refractivity contribution in [3.63, 3.8) is 0 Å². The lowest BCUT2D eigenvalue weighted by Gasteiger charge is -2.15. The standard InChI is InChI=1S/C23H26N6O/c1-14(2)29-13-21(16(4)27-29)23(30)26-19-8-7-15(3)20(10-19)18-9-17(11-24)22(25-12-18)28(5)6/h7-10,12-14H,1-6H3,(H,26,30). The predicted octanol–water partition coefficient (Wildman–Crippen LogP) is 4.33. The number of benzene rings is 1. The van der Waals surface area contributed by atoms with Crippen LogP contribution in [0.1, 0.15) is 47.1 Å². The van der Waals surface area contributed by atoms with Gasteiger partial charge in [-0.1, -0.05) is 6.07 Å². The molecule has 0 bridgehead atoms. The van der Waals surface area contributed by atoms with Crippen LogP contribution in [0.4, 0.5) is 11.5 Å². The van der Waals surface area contributed by atoms with Gasteiger partial charge in [-0.05, 0) is 57.0 Å². The number of rotatable bonds is 5. The number of hydrogen-bond acceptors (Lipinski definition) is 5. The molecule has 7 heteroatoms. The van der Waals surface area contributed by atoms with Crippen LogP contribution in [0.25, 0.3) is 11.1 Å². The molecule has 0 saturated heterocycles. The van der Waals surface area contributed by atoms with Crippen molar-refractivity contribution in [2.75, 3.05) is 24.3 Å². The normalized spacial score (nSPS) is 10.7. The van der Waals surface area contributed by atoms with Gasteiger partial charge in [0.2, 0.25) is 0 Å². The number of hydrogen-bond donors (Lipinski definition) is 1. The van der Waals surface area contributed by atoms with Crippen LogP contribution in [0.2, 0.25) is 0 Å². The van der Waals surface area contributed by atoms with Crippen LogP contribution in [0.15, 0.2) is 36.7 Å². The Hall–Kier alpha value is -3.66. The number of aromatic nitrogens is 3. The van der Waals surface area contributed by atoms with E-state index in [0.29, 0.717) is 28.3 Å². The third-order valence-electron chi connectivity index (χ3n) is 4.91. The number of nitrogens with one attached hydrogen (secondary N) is 1. The quantitative estimate of drug-likeness (QED) is 0.686. The smallest absolute Gasteiger partial charge is 0.259 e. The summed E-state index contributed by atoms with van der Waals surface area (Å²) in [5.74, 6) is 0.425. The first-order chi connectivity index (χ1) is 14.2. The van der Waals surface area contributed by atoms with Crippen LogP contribution >= 0.6 is 0 Å². The first-order valence-corrected chi connectivity index (χ1v) is 9.77. The first-order valence-electron chi connectivity index (χ1n) is 9.77. The summed E-state index contributed by atoms with van der Waals surface area (Å²) in [4.78, 5) is 19.0. The molecule has 30 heavy (non-hydrogen) atoms. The summed E-state index contributed by atoms with van der Waals surface area (Å²) < 4.78 is 1.78. The van der Waals surface area contributed by atoms with E-state index in [1.54, 1.807) is 17.1 Å². The molecule has 3 aromatic rings. The molecule has 0 spiro atoms. The van der Waals surface area contributed by atoms with Gasteiger partial charge in [0.15, 0.2) is 0 Å². The second-order valence-electron chi connectivity index (χ2n) is 7.79. The summed E-state index contributed by atoms with van der Waals surface area (Å²) in [5.41, 5.74) is 5.19. The molecule has 3 rings (SSSR count). The molecule has 0 aliphatic carbocycles. The lowest BCUT2D eigenvalue weighted by molar-refractivity contribution is 0.102. The lowest BCUT2D eigenvalue weighted by atomic mass is 10.00. The van der Waals surface area contributed by atoms with Crippen molar-refractivity contribution in [1.29, 1.82) is 5.26 Å². The van der Waals surface area contributed by atoms with Crippen molar-refractivity contribution in [3.05, 3.63) is 59.0 Å². The Morgan fingerprint density at radius 1 is 1.23 bits per heavy atom. The van der Waals surface area contributed by atoms with E-state index in [2.05, 4.69) is 21.5 Å². The third kappa shape index (κ3) is 4.18. The lowest BCUT2D eigenvalue weighted by Crippen LogP contribution is -2.13. The second-order valence-corrected chi connectivity index (χ2v) is 7.79. The molecule has 0 fully saturated rings. The van der Waals surface area contributed by atoms with Gasteiger partial charge in [-0.2, -0.15) is 10.4 Å². The number of aryl methyl sites for hydroxylation is 2. The van der Waals surface area contributed by atoms with E-state index in [1.807, 2.05) is 71.0 Å². The number of carbonyl (C=O) groups is 1. The zero-order valence-electron chi connectivity index (χ0n) is 18.2. The van der Waals surface area contributed by atoms with Gasteiger partial charge in [-0.15, -0.1) is 0 Å². The Bertz CT molecular complexity index is 1140. The predicted molar refractivity (Wildman–Crippen MR) is 119 cm³/mol. The van der Waals surface area contributed by atoms with E-state index in [-0.39, 0.29) is 11.9 Å². The maximum atomic E-state index is 12.8. The van der Waals surface area contributed by atoms with E-state index in [1.165, 1.54) is 0 Å². The molecule has 0 radical (unpaired) electrons. The molecule has 2 heterocycles. The molecule has 1 N–H and O–H groups in total. The minimum Gasteiger partial charge on any atom is -0.362 e. The van der Waals surface area contributed by atoms with Crippen LogP contribution in [-0.4, -0.2) is 34.8 Å². The van der Waals surface area contributed by atoms with Gasteiger partial charge in [-0.3, -0.25) is 9.48 Å². The summed E-state index contributed by atoms with van der Waals surface area (Å²) in [6.45, 7) is 7.86. The summed E-state index contributed by atoms with van der Waals surface area (Å²) in [5, 5.41) is 16.9. The van der Waals surface area contributed by atoms with Crippen molar-refractivity contribution < 1.29 is 4.79 Å². The molecule has 0 aliphatic rings. The fraction of sp³-hybridized carbons (Fsp3) is 0.304. The maximum Gasteiger partial charge on any atom is 0.259 e. The summed E-state index contributed by atoms with van der Waals surface area (Å²) >= 11 is 0. The van der Waals surface area contributed by atoms with Gasteiger partial charge >= 0.3 is 0 Å². The molecule has 2 aromatic heterocycles. The highest BCUT2D eigenvalue weighted by atomic mass is 16.1. The Kier molecular flexibility index (Phi) is 5.88. The van der Waals surface area contributed by atoms with Crippen LogP contribution in [0.5, 0.6) is 0 Å². The molecule has 0 atom stereocenters. The first kappa shape index (κ1) is 21.1. The van der Waals surface area contributed by atoms with E-state index in [9.17, 15) is 10.1 Å². The zero-order chi connectivity index (χ0) is 22.0. The van der Waals surface area contributed by atoms with Crippen LogP contribution in [-0.2, 0) is 0 Å². The highest BCUT2D eigenvalue weighted by Crippen LogP contribution is 2.29. The number of nitriles is 1. The Morgan fingerprint density at radius 2 is 1.97 bits per heavy atom. The van der Waals surface area contributed by atoms with Gasteiger partial charge < -0.3 is 10.2 Å². The van der Waals surface area contributed by atoms with Crippen molar-refractivity contribution in [2.24, 2.45) is 0 Å². The summed E-state index contributed by atoms with van der Waals surface area (Å²) in [6.07, 6.45) is 3.52. The van der Waals surface area contributed by atoms with Gasteiger partial charge in [0.05, 0.1) is 16.8 Å². The molecule has 154 valence electrons. The number of anilines is 2. The average molecular weight is 403 g/mol. The van der Waals surface area contributed by atoms with E-state index >= 15 is 0 Å². The molecule has 1 aromatic carbocycles. The van der Waals surface area contributed by atoms with Crippen LogP contribution in [0, 0.1) is 25.2 Å². The number of nitrogens with zero attached hydrogens (tertiary/aromatic N) is 5. The molecule has 1 amide bonds. The maximum absolute atomic E-state index is 12.8. The summed E-state index contributed by atoms with van der Waals surface area (Å²) in [7, 11) is 3.71. The van der Waals surface area contributed by atoms with Crippen molar-refractivity contribution >= 4 is 17.4 Å². The largest absolute Gasteiger partial charge is 0.362 e. The van der Waals surface area contributed by atoms with Crippen LogP contribution in [0.3, 0.4) is 0 Å². The van der Waals surface area contributed by atoms with Gasteiger partial charge in [0, 0.05) is 43.8 Å². The minimum atomic E-state index is -0.201. The van der Waals surface area contributed by atoms with Crippen molar-refractivity contribution in [3.8, 4) is 17.2 Å². The summed E-state index contributed by atoms with van der Waals surface area (Å²) in [6, 6.07) is 9.94. The zero-order valence-corrected chi connectivity index (χ0v) is 18.2. The number of carbonyl (C=O) groups excluding carboxylic acids is 1. The number of pyridine rings is 1. The fourth-order valence-electron chi connectivity index (χ4n) is 3.22. The molecule has 0 saturated carbocycles. The molecule has 0 aliphatic heterocycles. The highest BCUT2D eigenvalue weighted by Gasteiger charge is 2.16. The van der Waals surface area contributed by atoms with E-state index in [0.717, 1.165) is 16.7 Å². The van der Waals surface area contributed by atoms with E-state index < -0.39 is 0 Å².